The van der Waals surface area contributed by atoms with Crippen molar-refractivity contribution in [3.05, 3.63) is 34.9 Å². The number of carbonyl (C=O) groups excluding carboxylic acids is 1. The topological polar surface area (TPSA) is 62.1 Å². The molecule has 4 heteroatoms. The van der Waals surface area contributed by atoms with E-state index in [9.17, 15) is 4.79 Å². The van der Waals surface area contributed by atoms with Crippen LogP contribution in [0.25, 0.3) is 0 Å². The van der Waals surface area contributed by atoms with E-state index in [-0.39, 0.29) is 5.91 Å². The number of nitriles is 1. The van der Waals surface area contributed by atoms with Crippen LogP contribution in [-0.2, 0) is 18.0 Å². The molecule has 1 unspecified atom stereocenters. The summed E-state index contributed by atoms with van der Waals surface area (Å²) in [5, 5.41) is 11.8. The second-order valence-corrected chi connectivity index (χ2v) is 4.73. The number of nitrogens with zero attached hydrogens (tertiary/aromatic N) is 1. The molecule has 1 heterocycles. The second-order valence-electron chi connectivity index (χ2n) is 4.73. The van der Waals surface area contributed by atoms with E-state index in [2.05, 4.69) is 11.4 Å². The molecule has 1 aromatic carbocycles. The number of rotatable bonds is 3. The highest BCUT2D eigenvalue weighted by Crippen LogP contribution is 2.21. The molecule has 94 valence electrons. The Labute approximate surface area is 107 Å². The lowest BCUT2D eigenvalue weighted by Gasteiger charge is -2.21. The van der Waals surface area contributed by atoms with Crippen LogP contribution < -0.4 is 5.32 Å². The molecule has 0 spiro atoms. The lowest BCUT2D eigenvalue weighted by Crippen LogP contribution is -2.44. The lowest BCUT2D eigenvalue weighted by molar-refractivity contribution is 0.0923. The molecule has 0 fully saturated rings. The summed E-state index contributed by atoms with van der Waals surface area (Å²) in [5.74, 6) is -0.212. The number of hydrogen-bond donors (Lipinski definition) is 1. The van der Waals surface area contributed by atoms with E-state index >= 15 is 0 Å². The SMILES string of the molecule is CCC(C)(C#N)NC(=O)c1ccc2c(c1)COC2. The van der Waals surface area contributed by atoms with Gasteiger partial charge >= 0.3 is 0 Å². The molecule has 0 saturated heterocycles. The van der Waals surface area contributed by atoms with E-state index in [1.165, 1.54) is 0 Å². The van der Waals surface area contributed by atoms with Gasteiger partial charge in [0.05, 0.1) is 19.3 Å². The van der Waals surface area contributed by atoms with Crippen LogP contribution in [0.4, 0.5) is 0 Å². The largest absolute Gasteiger partial charge is 0.372 e. The van der Waals surface area contributed by atoms with E-state index in [1.807, 2.05) is 19.1 Å². The Kier molecular flexibility index (Phi) is 3.35. The number of fused-ring (bicyclic) bond motifs is 1. The molecule has 18 heavy (non-hydrogen) atoms. The van der Waals surface area contributed by atoms with Crippen molar-refractivity contribution in [2.45, 2.75) is 39.0 Å². The molecule has 0 radical (unpaired) electrons. The molecule has 0 bridgehead atoms. The summed E-state index contributed by atoms with van der Waals surface area (Å²) in [6, 6.07) is 7.65. The van der Waals surface area contributed by atoms with Gasteiger partial charge in [0.2, 0.25) is 0 Å². The average Bonchev–Trinajstić information content (AvgIpc) is 2.85. The van der Waals surface area contributed by atoms with Gasteiger partial charge in [0, 0.05) is 5.56 Å². The number of carbonyl (C=O) groups is 1. The summed E-state index contributed by atoms with van der Waals surface area (Å²) in [6.45, 7) is 4.77. The van der Waals surface area contributed by atoms with E-state index in [0.717, 1.165) is 11.1 Å². The Hall–Kier alpha value is -1.86. The summed E-state index contributed by atoms with van der Waals surface area (Å²) in [5.41, 5.74) is 1.95. The van der Waals surface area contributed by atoms with Crippen LogP contribution in [0.1, 0.15) is 41.8 Å². The first kappa shape index (κ1) is 12.6. The number of benzene rings is 1. The van der Waals surface area contributed by atoms with Crippen molar-refractivity contribution in [1.29, 1.82) is 5.26 Å². The first-order valence-electron chi connectivity index (χ1n) is 6.01. The molecule has 4 nitrogen and oxygen atoms in total. The van der Waals surface area contributed by atoms with Crippen LogP contribution >= 0.6 is 0 Å². The predicted molar refractivity (Wildman–Crippen MR) is 66.7 cm³/mol. The van der Waals surface area contributed by atoms with Crippen molar-refractivity contribution < 1.29 is 9.53 Å². The summed E-state index contributed by atoms with van der Waals surface area (Å²) in [6.07, 6.45) is 0.573. The van der Waals surface area contributed by atoms with Gasteiger partial charge in [0.25, 0.3) is 5.91 Å². The quantitative estimate of drug-likeness (QED) is 0.886. The van der Waals surface area contributed by atoms with Gasteiger partial charge in [0.1, 0.15) is 5.54 Å². The van der Waals surface area contributed by atoms with Crippen LogP contribution in [-0.4, -0.2) is 11.4 Å². The standard InChI is InChI=1S/C14H16N2O2/c1-3-14(2,9-15)16-13(17)10-4-5-11-7-18-8-12(11)6-10/h4-6H,3,7-8H2,1-2H3,(H,16,17). The Morgan fingerprint density at radius 3 is 2.89 bits per heavy atom. The van der Waals surface area contributed by atoms with Crippen LogP contribution in [0.15, 0.2) is 18.2 Å². The Morgan fingerprint density at radius 1 is 1.50 bits per heavy atom. The first-order chi connectivity index (χ1) is 8.58. The number of amides is 1. The maximum absolute atomic E-state index is 12.1. The Balaban J connectivity index is 2.18. The van der Waals surface area contributed by atoms with Gasteiger partial charge in [0.15, 0.2) is 0 Å². The smallest absolute Gasteiger partial charge is 0.252 e. The predicted octanol–water partition coefficient (Wildman–Crippen LogP) is 2.14. The van der Waals surface area contributed by atoms with Gasteiger partial charge in [-0.15, -0.1) is 0 Å². The molecule has 2 rings (SSSR count). The zero-order chi connectivity index (χ0) is 13.2. The average molecular weight is 244 g/mol. The van der Waals surface area contributed by atoms with E-state index in [1.54, 1.807) is 13.0 Å². The summed E-state index contributed by atoms with van der Waals surface area (Å²) >= 11 is 0. The molecule has 1 aromatic rings. The number of nitrogens with one attached hydrogen (secondary N) is 1. The molecule has 1 aliphatic rings. The van der Waals surface area contributed by atoms with Gasteiger partial charge in [-0.3, -0.25) is 4.79 Å². The molecule has 0 saturated carbocycles. The first-order valence-corrected chi connectivity index (χ1v) is 6.01. The van der Waals surface area contributed by atoms with Crippen molar-refractivity contribution in [2.75, 3.05) is 0 Å². The van der Waals surface area contributed by atoms with Gasteiger partial charge < -0.3 is 10.1 Å². The number of ether oxygens (including phenoxy) is 1. The fraction of sp³-hybridized carbons (Fsp3) is 0.429. The monoisotopic (exact) mass is 244 g/mol. The normalized spacial score (nSPS) is 16.5. The minimum Gasteiger partial charge on any atom is -0.372 e. The zero-order valence-electron chi connectivity index (χ0n) is 10.6. The maximum Gasteiger partial charge on any atom is 0.252 e. The van der Waals surface area contributed by atoms with Crippen LogP contribution in [0.2, 0.25) is 0 Å². The van der Waals surface area contributed by atoms with Crippen molar-refractivity contribution in [2.24, 2.45) is 0 Å². The summed E-state index contributed by atoms with van der Waals surface area (Å²) < 4.78 is 5.31. The maximum atomic E-state index is 12.1. The molecular weight excluding hydrogens is 228 g/mol. The summed E-state index contributed by atoms with van der Waals surface area (Å²) in [4.78, 5) is 12.1. The summed E-state index contributed by atoms with van der Waals surface area (Å²) in [7, 11) is 0. The zero-order valence-corrected chi connectivity index (χ0v) is 10.6. The Morgan fingerprint density at radius 2 is 2.22 bits per heavy atom. The van der Waals surface area contributed by atoms with Gasteiger partial charge in [-0.25, -0.2) is 0 Å². The van der Waals surface area contributed by atoms with Crippen LogP contribution in [0.3, 0.4) is 0 Å². The molecule has 0 aromatic heterocycles. The fourth-order valence-electron chi connectivity index (χ4n) is 1.83. The van der Waals surface area contributed by atoms with E-state index < -0.39 is 5.54 Å². The lowest BCUT2D eigenvalue weighted by atomic mass is 9.99. The van der Waals surface area contributed by atoms with E-state index in [0.29, 0.717) is 25.2 Å². The molecule has 1 amide bonds. The highest BCUT2D eigenvalue weighted by molar-refractivity contribution is 5.95. The molecule has 1 atom stereocenters. The highest BCUT2D eigenvalue weighted by atomic mass is 16.5. The molecular formula is C14H16N2O2. The molecule has 1 aliphatic heterocycles. The number of hydrogen-bond acceptors (Lipinski definition) is 3. The van der Waals surface area contributed by atoms with Crippen molar-refractivity contribution >= 4 is 5.91 Å². The van der Waals surface area contributed by atoms with Crippen LogP contribution in [0.5, 0.6) is 0 Å². The third-order valence-corrected chi connectivity index (χ3v) is 3.33. The van der Waals surface area contributed by atoms with Gasteiger partial charge in [-0.2, -0.15) is 5.26 Å². The van der Waals surface area contributed by atoms with E-state index in [4.69, 9.17) is 10.00 Å². The molecule has 1 N–H and O–H groups in total. The van der Waals surface area contributed by atoms with Gasteiger partial charge in [-0.1, -0.05) is 13.0 Å². The highest BCUT2D eigenvalue weighted by Gasteiger charge is 2.24. The minimum atomic E-state index is -0.813. The van der Waals surface area contributed by atoms with Gasteiger partial charge in [-0.05, 0) is 36.6 Å². The van der Waals surface area contributed by atoms with Crippen LogP contribution in [0, 0.1) is 11.3 Å². The molecule has 0 aliphatic carbocycles. The second kappa shape index (κ2) is 4.79. The third kappa shape index (κ3) is 2.36. The third-order valence-electron chi connectivity index (χ3n) is 3.33. The van der Waals surface area contributed by atoms with Crippen molar-refractivity contribution in [3.63, 3.8) is 0 Å². The van der Waals surface area contributed by atoms with Crippen molar-refractivity contribution in [1.82, 2.24) is 5.32 Å². The Bertz CT molecular complexity index is 519. The fourth-order valence-corrected chi connectivity index (χ4v) is 1.83. The van der Waals surface area contributed by atoms with Crippen molar-refractivity contribution in [3.8, 4) is 6.07 Å². The minimum absolute atomic E-state index is 0.212.